The number of hydrogen-bond donors (Lipinski definition) is 2. The summed E-state index contributed by atoms with van der Waals surface area (Å²) in [5, 5.41) is 5.30. The van der Waals surface area contributed by atoms with Crippen molar-refractivity contribution in [2.75, 3.05) is 25.6 Å². The number of esters is 1. The van der Waals surface area contributed by atoms with Crippen LogP contribution in [0.3, 0.4) is 0 Å². The minimum atomic E-state index is -0.506. The third-order valence-corrected chi connectivity index (χ3v) is 3.26. The smallest absolute Gasteiger partial charge is 0.339 e. The lowest BCUT2D eigenvalue weighted by atomic mass is 10.2. The predicted octanol–water partition coefficient (Wildman–Crippen LogP) is 2.98. The highest BCUT2D eigenvalue weighted by atomic mass is 16.5. The zero-order valence-corrected chi connectivity index (χ0v) is 13.7. The van der Waals surface area contributed by atoms with Gasteiger partial charge in [0.25, 0.3) is 0 Å². The normalized spacial score (nSPS) is 9.92. The van der Waals surface area contributed by atoms with Gasteiger partial charge in [-0.05, 0) is 31.2 Å². The Balaban J connectivity index is 1.79. The highest BCUT2D eigenvalue weighted by molar-refractivity contribution is 6.00. The molecule has 0 fully saturated rings. The van der Waals surface area contributed by atoms with E-state index in [-0.39, 0.29) is 0 Å². The number of carbonyl (C=O) groups is 2. The van der Waals surface area contributed by atoms with E-state index in [0.29, 0.717) is 24.4 Å². The molecule has 0 atom stereocenters. The number of para-hydroxylation sites is 1. The molecule has 126 valence electrons. The van der Waals surface area contributed by atoms with Crippen LogP contribution in [0.15, 0.2) is 48.5 Å². The topological polar surface area (TPSA) is 76.7 Å². The maximum absolute atomic E-state index is 11.9. The minimum absolute atomic E-state index is 0.297. The number of benzene rings is 2. The van der Waals surface area contributed by atoms with Crippen molar-refractivity contribution in [3.05, 3.63) is 59.7 Å². The fourth-order valence-electron chi connectivity index (χ4n) is 2.01. The van der Waals surface area contributed by atoms with Crippen LogP contribution in [0.25, 0.3) is 0 Å². The molecule has 0 heterocycles. The number of methoxy groups -OCH3 is 1. The van der Waals surface area contributed by atoms with E-state index in [1.807, 2.05) is 31.2 Å². The fraction of sp³-hybridized carbons (Fsp3) is 0.222. The number of ether oxygens (including phenoxy) is 2. The van der Waals surface area contributed by atoms with E-state index in [1.165, 1.54) is 7.11 Å². The second-order valence-corrected chi connectivity index (χ2v) is 5.08. The molecule has 24 heavy (non-hydrogen) atoms. The number of aryl methyl sites for hydroxylation is 1. The quantitative estimate of drug-likeness (QED) is 0.631. The molecule has 0 aliphatic rings. The van der Waals surface area contributed by atoms with Crippen LogP contribution in [0, 0.1) is 6.92 Å². The summed E-state index contributed by atoms with van der Waals surface area (Å²) in [6.07, 6.45) is 0. The first kappa shape index (κ1) is 17.3. The summed E-state index contributed by atoms with van der Waals surface area (Å²) in [5.74, 6) is 0.243. The van der Waals surface area contributed by atoms with Crippen molar-refractivity contribution in [1.82, 2.24) is 5.32 Å². The van der Waals surface area contributed by atoms with Gasteiger partial charge in [-0.25, -0.2) is 9.59 Å². The molecule has 6 nitrogen and oxygen atoms in total. The van der Waals surface area contributed by atoms with Crippen LogP contribution in [0.4, 0.5) is 10.5 Å². The highest BCUT2D eigenvalue weighted by Gasteiger charge is 2.12. The molecule has 2 N–H and O–H groups in total. The average molecular weight is 328 g/mol. The van der Waals surface area contributed by atoms with Crippen LogP contribution in [0.1, 0.15) is 15.9 Å². The van der Waals surface area contributed by atoms with Crippen molar-refractivity contribution in [3.8, 4) is 5.75 Å². The van der Waals surface area contributed by atoms with Gasteiger partial charge in [-0.1, -0.05) is 29.8 Å². The Morgan fingerprint density at radius 3 is 2.46 bits per heavy atom. The number of hydrogen-bond acceptors (Lipinski definition) is 4. The molecule has 6 heteroatoms. The summed E-state index contributed by atoms with van der Waals surface area (Å²) in [6.45, 7) is 2.68. The third kappa shape index (κ3) is 5.01. The molecular weight excluding hydrogens is 308 g/mol. The summed E-state index contributed by atoms with van der Waals surface area (Å²) < 4.78 is 10.2. The fourth-order valence-corrected chi connectivity index (χ4v) is 2.01. The van der Waals surface area contributed by atoms with Crippen LogP contribution in [0.2, 0.25) is 0 Å². The number of carbonyl (C=O) groups excluding carboxylic acids is 2. The molecule has 0 saturated carbocycles. The van der Waals surface area contributed by atoms with E-state index in [1.54, 1.807) is 24.3 Å². The highest BCUT2D eigenvalue weighted by Crippen LogP contribution is 2.15. The van der Waals surface area contributed by atoms with E-state index < -0.39 is 12.0 Å². The van der Waals surface area contributed by atoms with Gasteiger partial charge in [0.1, 0.15) is 12.4 Å². The first-order valence-electron chi connectivity index (χ1n) is 7.52. The largest absolute Gasteiger partial charge is 0.492 e. The Kier molecular flexibility index (Phi) is 6.19. The number of nitrogens with one attached hydrogen (secondary N) is 2. The molecular formula is C18H20N2O4. The van der Waals surface area contributed by atoms with E-state index in [4.69, 9.17) is 4.74 Å². The number of anilines is 1. The van der Waals surface area contributed by atoms with E-state index >= 15 is 0 Å². The third-order valence-electron chi connectivity index (χ3n) is 3.26. The monoisotopic (exact) mass is 328 g/mol. The average Bonchev–Trinajstić information content (AvgIpc) is 2.60. The molecule has 0 aromatic heterocycles. The predicted molar refractivity (Wildman–Crippen MR) is 91.5 cm³/mol. The van der Waals surface area contributed by atoms with Crippen LogP contribution in [-0.4, -0.2) is 32.3 Å². The number of amides is 2. The maximum Gasteiger partial charge on any atom is 0.339 e. The minimum Gasteiger partial charge on any atom is -0.492 e. The lowest BCUT2D eigenvalue weighted by Gasteiger charge is -2.11. The zero-order valence-electron chi connectivity index (χ0n) is 13.7. The molecule has 2 aromatic carbocycles. The van der Waals surface area contributed by atoms with E-state index in [0.717, 1.165) is 11.3 Å². The Hall–Kier alpha value is -3.02. The Morgan fingerprint density at radius 1 is 1.04 bits per heavy atom. The van der Waals surface area contributed by atoms with Crippen molar-refractivity contribution in [1.29, 1.82) is 0 Å². The van der Waals surface area contributed by atoms with Crippen LogP contribution >= 0.6 is 0 Å². The van der Waals surface area contributed by atoms with Gasteiger partial charge in [-0.15, -0.1) is 0 Å². The summed E-state index contributed by atoms with van der Waals surface area (Å²) in [6, 6.07) is 13.9. The van der Waals surface area contributed by atoms with Crippen molar-refractivity contribution in [3.63, 3.8) is 0 Å². The van der Waals surface area contributed by atoms with Gasteiger partial charge in [-0.2, -0.15) is 0 Å². The molecule has 0 bridgehead atoms. The lowest BCUT2D eigenvalue weighted by Crippen LogP contribution is -2.32. The summed E-state index contributed by atoms with van der Waals surface area (Å²) in [5.41, 5.74) is 1.84. The molecule has 0 unspecified atom stereocenters. The van der Waals surface area contributed by atoms with Gasteiger partial charge in [-0.3, -0.25) is 0 Å². The first-order valence-corrected chi connectivity index (χ1v) is 7.52. The Bertz CT molecular complexity index is 698. The molecule has 0 radical (unpaired) electrons. The standard InChI is InChI=1S/C18H20N2O4/c1-13-7-9-14(10-8-13)24-12-11-19-18(22)20-16-6-4-3-5-15(16)17(21)23-2/h3-10H,11-12H2,1-2H3,(H2,19,20,22). The summed E-state index contributed by atoms with van der Waals surface area (Å²) in [4.78, 5) is 23.5. The Morgan fingerprint density at radius 2 is 1.75 bits per heavy atom. The van der Waals surface area contributed by atoms with Gasteiger partial charge in [0, 0.05) is 0 Å². The molecule has 2 aromatic rings. The summed E-state index contributed by atoms with van der Waals surface area (Å²) >= 11 is 0. The van der Waals surface area contributed by atoms with Crippen LogP contribution in [-0.2, 0) is 4.74 Å². The van der Waals surface area contributed by atoms with E-state index in [2.05, 4.69) is 15.4 Å². The molecule has 2 rings (SSSR count). The number of rotatable bonds is 6. The lowest BCUT2D eigenvalue weighted by molar-refractivity contribution is 0.0602. The van der Waals surface area contributed by atoms with Gasteiger partial charge in [0.2, 0.25) is 0 Å². The second-order valence-electron chi connectivity index (χ2n) is 5.08. The molecule has 0 spiro atoms. The summed E-state index contributed by atoms with van der Waals surface area (Å²) in [7, 11) is 1.29. The van der Waals surface area contributed by atoms with Gasteiger partial charge >= 0.3 is 12.0 Å². The Labute approximate surface area is 140 Å². The van der Waals surface area contributed by atoms with Gasteiger partial charge in [0.15, 0.2) is 0 Å². The first-order chi connectivity index (χ1) is 11.6. The zero-order chi connectivity index (χ0) is 17.4. The molecule has 0 saturated heterocycles. The van der Waals surface area contributed by atoms with Crippen molar-refractivity contribution in [2.45, 2.75) is 6.92 Å². The SMILES string of the molecule is COC(=O)c1ccccc1NC(=O)NCCOc1ccc(C)cc1. The van der Waals surface area contributed by atoms with Crippen molar-refractivity contribution in [2.24, 2.45) is 0 Å². The molecule has 0 aliphatic heterocycles. The van der Waals surface area contributed by atoms with Crippen LogP contribution in [0.5, 0.6) is 5.75 Å². The van der Waals surface area contributed by atoms with Gasteiger partial charge in [0.05, 0.1) is 24.9 Å². The van der Waals surface area contributed by atoms with E-state index in [9.17, 15) is 9.59 Å². The number of urea groups is 1. The maximum atomic E-state index is 11.9. The second kappa shape index (κ2) is 8.57. The van der Waals surface area contributed by atoms with Crippen molar-refractivity contribution >= 4 is 17.7 Å². The van der Waals surface area contributed by atoms with Gasteiger partial charge < -0.3 is 20.1 Å². The molecule has 0 aliphatic carbocycles. The van der Waals surface area contributed by atoms with Crippen LogP contribution < -0.4 is 15.4 Å². The molecule has 2 amide bonds. The van der Waals surface area contributed by atoms with Crippen molar-refractivity contribution < 1.29 is 19.1 Å².